The molecule has 0 fully saturated rings. The maximum Gasteiger partial charge on any atom is 0.430 e. The molecule has 1 aliphatic rings. The monoisotopic (exact) mass is 512 g/mol. The molecule has 1 atom stereocenters. The largest absolute Gasteiger partial charge is 0.430 e. The third-order valence-corrected chi connectivity index (χ3v) is 6.99. The summed E-state index contributed by atoms with van der Waals surface area (Å²) in [6, 6.07) is 5.44. The molecule has 1 heterocycles. The maximum absolute atomic E-state index is 13.0. The van der Waals surface area contributed by atoms with Crippen molar-refractivity contribution >= 4 is 21.4 Å². The second kappa shape index (κ2) is 8.83. The quantitative estimate of drug-likeness (QED) is 0.443. The third kappa shape index (κ3) is 4.62. The van der Waals surface area contributed by atoms with Crippen LogP contribution in [0.5, 0.6) is 0 Å². The molecular weight excluding hydrogens is 494 g/mol. The van der Waals surface area contributed by atoms with Crippen molar-refractivity contribution in [3.63, 3.8) is 0 Å². The number of alkyl halides is 6. The van der Waals surface area contributed by atoms with Gasteiger partial charge in [0.1, 0.15) is 6.04 Å². The highest BCUT2D eigenvalue weighted by Crippen LogP contribution is 2.50. The number of hydrogen-bond acceptors (Lipinski definition) is 6. The highest BCUT2D eigenvalue weighted by molar-refractivity contribution is 7.91. The topological polar surface area (TPSA) is 116 Å². The number of anilines is 1. The van der Waals surface area contributed by atoms with Crippen molar-refractivity contribution in [3.05, 3.63) is 59.2 Å². The summed E-state index contributed by atoms with van der Waals surface area (Å²) in [6.07, 6.45) is -12.1. The van der Waals surface area contributed by atoms with Gasteiger partial charge in [-0.3, -0.25) is 10.1 Å². The van der Waals surface area contributed by atoms with E-state index in [9.17, 15) is 44.7 Å². The van der Waals surface area contributed by atoms with Gasteiger partial charge in [-0.2, -0.15) is 26.3 Å². The molecule has 34 heavy (non-hydrogen) atoms. The number of carbonyl (C=O) groups is 1. The van der Waals surface area contributed by atoms with Gasteiger partial charge in [0, 0.05) is 17.8 Å². The van der Waals surface area contributed by atoms with Crippen LogP contribution in [0.4, 0.5) is 32.0 Å². The Balaban J connectivity index is 1.80. The number of aliphatic hydroxyl groups is 2. The Morgan fingerprint density at radius 1 is 1.03 bits per heavy atom. The van der Waals surface area contributed by atoms with Gasteiger partial charge < -0.3 is 15.5 Å². The van der Waals surface area contributed by atoms with Crippen molar-refractivity contribution in [1.29, 1.82) is 0 Å². The van der Waals surface area contributed by atoms with Gasteiger partial charge in [0.15, 0.2) is 9.84 Å². The van der Waals surface area contributed by atoms with Crippen molar-refractivity contribution in [3.8, 4) is 0 Å². The lowest BCUT2D eigenvalue weighted by Crippen LogP contribution is -2.53. The summed E-state index contributed by atoms with van der Waals surface area (Å²) in [7, 11) is -3.71. The van der Waals surface area contributed by atoms with Crippen molar-refractivity contribution in [2.75, 3.05) is 17.7 Å². The van der Waals surface area contributed by atoms with E-state index < -0.39 is 57.7 Å². The molecule has 0 bridgehead atoms. The van der Waals surface area contributed by atoms with Gasteiger partial charge in [-0.05, 0) is 35.4 Å². The number of rotatable bonds is 6. The fourth-order valence-electron chi connectivity index (χ4n) is 3.50. The second-order valence-corrected chi connectivity index (χ2v) is 9.60. The molecule has 7 nitrogen and oxygen atoms in total. The molecule has 3 rings (SSSR count). The van der Waals surface area contributed by atoms with Crippen molar-refractivity contribution in [1.82, 2.24) is 5.32 Å². The van der Waals surface area contributed by atoms with Crippen LogP contribution >= 0.6 is 0 Å². The number of carbonyl (C=O) groups excluding carboxylic acids is 1. The number of nitrogens with one attached hydrogen (secondary N) is 2. The van der Waals surface area contributed by atoms with Gasteiger partial charge in [0.25, 0.3) is 5.60 Å². The number of fused-ring (bicyclic) bond motifs is 1. The fourth-order valence-corrected chi connectivity index (χ4v) is 4.57. The minimum Gasteiger partial charge on any atom is -0.395 e. The lowest BCUT2D eigenvalue weighted by molar-refractivity contribution is -0.376. The summed E-state index contributed by atoms with van der Waals surface area (Å²) in [5, 5.41) is 23.5. The number of sulfone groups is 1. The molecule has 0 saturated heterocycles. The maximum atomic E-state index is 13.0. The summed E-state index contributed by atoms with van der Waals surface area (Å²) in [4.78, 5) is 12.6. The van der Waals surface area contributed by atoms with Gasteiger partial charge in [-0.15, -0.1) is 0 Å². The summed E-state index contributed by atoms with van der Waals surface area (Å²) >= 11 is 0. The first-order valence-electron chi connectivity index (χ1n) is 9.59. The molecule has 4 N–H and O–H groups in total. The van der Waals surface area contributed by atoms with Gasteiger partial charge in [-0.1, -0.05) is 18.2 Å². The van der Waals surface area contributed by atoms with E-state index in [1.165, 1.54) is 18.2 Å². The number of amides is 1. The number of benzene rings is 2. The SMILES string of the molecule is O=C(Nc1ccc(C(O)(C(F)(F)F)C(F)(F)F)cc1)C1NCc2cc(S(=O)(=O)CCO)ccc21. The third-order valence-electron chi connectivity index (χ3n) is 5.29. The van der Waals surface area contributed by atoms with E-state index in [1.807, 2.05) is 0 Å². The Morgan fingerprint density at radius 2 is 1.62 bits per heavy atom. The van der Waals surface area contributed by atoms with Gasteiger partial charge >= 0.3 is 12.4 Å². The Labute approximate surface area is 189 Å². The minimum atomic E-state index is -6.03. The Kier molecular flexibility index (Phi) is 6.74. The molecule has 2 aromatic carbocycles. The van der Waals surface area contributed by atoms with Gasteiger partial charge in [-0.25, -0.2) is 8.42 Å². The van der Waals surface area contributed by atoms with E-state index in [0.29, 0.717) is 23.3 Å². The first kappa shape index (κ1) is 25.9. The van der Waals surface area contributed by atoms with E-state index in [-0.39, 0.29) is 17.1 Å². The Morgan fingerprint density at radius 3 is 2.15 bits per heavy atom. The van der Waals surface area contributed by atoms with Crippen LogP contribution in [0.3, 0.4) is 0 Å². The van der Waals surface area contributed by atoms with Crippen LogP contribution in [-0.4, -0.2) is 49.3 Å². The van der Waals surface area contributed by atoms with Gasteiger partial charge in [0.05, 0.1) is 17.3 Å². The predicted octanol–water partition coefficient (Wildman–Crippen LogP) is 2.55. The zero-order chi connectivity index (χ0) is 25.5. The average molecular weight is 512 g/mol. The van der Waals surface area contributed by atoms with Crippen LogP contribution in [0.25, 0.3) is 0 Å². The first-order valence-corrected chi connectivity index (χ1v) is 11.2. The standard InChI is InChI=1S/C20H18F6N2O5S/c21-19(22,23)18(31,20(24,25)26)12-1-3-13(4-2-12)28-17(30)16-15-6-5-14(9-11(15)10-27-16)34(32,33)8-7-29/h1-6,9,16,27,29,31H,7-8,10H2,(H,28,30). The molecule has 0 aliphatic carbocycles. The van der Waals surface area contributed by atoms with E-state index in [2.05, 4.69) is 10.6 Å². The average Bonchev–Trinajstić information content (AvgIpc) is 3.15. The van der Waals surface area contributed by atoms with Gasteiger partial charge in [0.2, 0.25) is 5.91 Å². The predicted molar refractivity (Wildman–Crippen MR) is 106 cm³/mol. The molecule has 0 saturated carbocycles. The number of halogens is 6. The molecule has 0 spiro atoms. The van der Waals surface area contributed by atoms with Crippen LogP contribution in [0, 0.1) is 0 Å². The summed E-state index contributed by atoms with van der Waals surface area (Å²) in [6.45, 7) is -0.441. The summed E-state index contributed by atoms with van der Waals surface area (Å²) in [5.74, 6) is -1.17. The van der Waals surface area contributed by atoms with Crippen LogP contribution in [-0.2, 0) is 26.8 Å². The van der Waals surface area contributed by atoms with E-state index in [1.54, 1.807) is 0 Å². The van der Waals surface area contributed by atoms with E-state index >= 15 is 0 Å². The molecule has 14 heteroatoms. The molecule has 1 aliphatic heterocycles. The fraction of sp³-hybridized carbons (Fsp3) is 0.350. The van der Waals surface area contributed by atoms with Crippen LogP contribution in [0.2, 0.25) is 0 Å². The summed E-state index contributed by atoms with van der Waals surface area (Å²) < 4.78 is 102. The highest BCUT2D eigenvalue weighted by atomic mass is 32.2. The molecular formula is C20H18F6N2O5S. The van der Waals surface area contributed by atoms with E-state index in [0.717, 1.165) is 12.1 Å². The number of hydrogen-bond donors (Lipinski definition) is 4. The summed E-state index contributed by atoms with van der Waals surface area (Å²) in [5.41, 5.74) is -5.75. The minimum absolute atomic E-state index is 0.0411. The number of aliphatic hydroxyl groups excluding tert-OH is 1. The normalized spacial score (nSPS) is 16.9. The highest BCUT2D eigenvalue weighted by Gasteiger charge is 2.71. The molecule has 1 amide bonds. The van der Waals surface area contributed by atoms with Crippen molar-refractivity contribution in [2.45, 2.75) is 35.4 Å². The van der Waals surface area contributed by atoms with Crippen molar-refractivity contribution < 1.29 is 49.8 Å². The van der Waals surface area contributed by atoms with E-state index in [4.69, 9.17) is 5.11 Å². The Hall–Kier alpha value is -2.68. The zero-order valence-corrected chi connectivity index (χ0v) is 17.9. The first-order chi connectivity index (χ1) is 15.6. The molecule has 2 aromatic rings. The smallest absolute Gasteiger partial charge is 0.395 e. The molecule has 0 radical (unpaired) electrons. The zero-order valence-electron chi connectivity index (χ0n) is 17.0. The van der Waals surface area contributed by atoms with Crippen LogP contribution in [0.1, 0.15) is 22.7 Å². The molecule has 186 valence electrons. The molecule has 0 aromatic heterocycles. The van der Waals surface area contributed by atoms with Crippen LogP contribution < -0.4 is 10.6 Å². The van der Waals surface area contributed by atoms with Crippen molar-refractivity contribution in [2.24, 2.45) is 0 Å². The Bertz CT molecular complexity index is 1170. The lowest BCUT2D eigenvalue weighted by atomic mass is 9.92. The lowest BCUT2D eigenvalue weighted by Gasteiger charge is -2.32. The molecule has 1 unspecified atom stereocenters. The van der Waals surface area contributed by atoms with Crippen LogP contribution in [0.15, 0.2) is 47.4 Å². The second-order valence-electron chi connectivity index (χ2n) is 7.49.